The predicted molar refractivity (Wildman–Crippen MR) is 83.3 cm³/mol. The Morgan fingerprint density at radius 3 is 2.43 bits per heavy atom. The molecular weight excluding hydrogens is 270 g/mol. The van der Waals surface area contributed by atoms with Crippen molar-refractivity contribution in [1.29, 1.82) is 0 Å². The van der Waals surface area contributed by atoms with Crippen molar-refractivity contribution in [2.45, 2.75) is 25.8 Å². The molecule has 0 spiro atoms. The minimum absolute atomic E-state index is 0.0296. The summed E-state index contributed by atoms with van der Waals surface area (Å²) in [5.74, 6) is 0.329. The number of rotatable bonds is 4. The second-order valence-electron chi connectivity index (χ2n) is 5.75. The van der Waals surface area contributed by atoms with Crippen LogP contribution in [0.25, 0.3) is 0 Å². The molecular formula is C15H23N3O3. The fraction of sp³-hybridized carbons (Fsp3) is 0.600. The maximum atomic E-state index is 11.0. The first-order chi connectivity index (χ1) is 9.93. The third-order valence-corrected chi connectivity index (χ3v) is 4.23. The zero-order chi connectivity index (χ0) is 15.6. The van der Waals surface area contributed by atoms with E-state index in [0.29, 0.717) is 11.8 Å². The van der Waals surface area contributed by atoms with Crippen LogP contribution in [0.5, 0.6) is 5.75 Å². The Kier molecular flexibility index (Phi) is 4.67. The quantitative estimate of drug-likeness (QED) is 0.630. The topological polar surface area (TPSA) is 58.8 Å². The van der Waals surface area contributed by atoms with Crippen molar-refractivity contribution in [2.75, 3.05) is 39.2 Å². The average molecular weight is 293 g/mol. The van der Waals surface area contributed by atoms with Crippen LogP contribution in [0.2, 0.25) is 0 Å². The molecule has 1 fully saturated rings. The molecule has 6 heteroatoms. The molecule has 1 aromatic carbocycles. The molecule has 0 atom stereocenters. The Bertz CT molecular complexity index is 523. The number of aryl methyl sites for hydroxylation is 1. The van der Waals surface area contributed by atoms with Gasteiger partial charge in [0.25, 0.3) is 0 Å². The van der Waals surface area contributed by atoms with Gasteiger partial charge in [-0.05, 0) is 39.4 Å². The SMILES string of the molecule is COc1cc(N2CCC(N(C)C)CC2)c(C)cc1[N+](=O)[O-]. The van der Waals surface area contributed by atoms with Crippen molar-refractivity contribution in [2.24, 2.45) is 0 Å². The summed E-state index contributed by atoms with van der Waals surface area (Å²) < 4.78 is 5.18. The number of piperidine rings is 1. The zero-order valence-corrected chi connectivity index (χ0v) is 13.1. The number of methoxy groups -OCH3 is 1. The van der Waals surface area contributed by atoms with E-state index in [4.69, 9.17) is 4.74 Å². The van der Waals surface area contributed by atoms with Crippen LogP contribution in [0.15, 0.2) is 12.1 Å². The van der Waals surface area contributed by atoms with Crippen molar-refractivity contribution in [3.05, 3.63) is 27.8 Å². The standard InChI is InChI=1S/C15H23N3O3/c1-11-9-14(18(19)20)15(21-4)10-13(11)17-7-5-12(6-8-17)16(2)3/h9-10,12H,5-8H2,1-4H3. The second kappa shape index (κ2) is 6.30. The van der Waals surface area contributed by atoms with Gasteiger partial charge >= 0.3 is 5.69 Å². The zero-order valence-electron chi connectivity index (χ0n) is 13.1. The van der Waals surface area contributed by atoms with Crippen LogP contribution in [0.1, 0.15) is 18.4 Å². The molecule has 0 N–H and O–H groups in total. The van der Waals surface area contributed by atoms with Crippen LogP contribution >= 0.6 is 0 Å². The third-order valence-electron chi connectivity index (χ3n) is 4.23. The summed E-state index contributed by atoms with van der Waals surface area (Å²) in [7, 11) is 5.70. The molecule has 1 aromatic rings. The van der Waals surface area contributed by atoms with E-state index in [2.05, 4.69) is 23.9 Å². The molecule has 0 unspecified atom stereocenters. The van der Waals surface area contributed by atoms with Crippen LogP contribution in [-0.4, -0.2) is 50.2 Å². The molecule has 21 heavy (non-hydrogen) atoms. The first kappa shape index (κ1) is 15.6. The van der Waals surface area contributed by atoms with Crippen LogP contribution < -0.4 is 9.64 Å². The van der Waals surface area contributed by atoms with Gasteiger partial charge in [0.1, 0.15) is 0 Å². The lowest BCUT2D eigenvalue weighted by Gasteiger charge is -2.37. The Morgan fingerprint density at radius 2 is 1.95 bits per heavy atom. The lowest BCUT2D eigenvalue weighted by molar-refractivity contribution is -0.385. The third kappa shape index (κ3) is 3.26. The van der Waals surface area contributed by atoms with Gasteiger partial charge in [-0.3, -0.25) is 10.1 Å². The Labute approximate surface area is 125 Å². The van der Waals surface area contributed by atoms with E-state index in [9.17, 15) is 10.1 Å². The molecule has 2 rings (SSSR count). The molecule has 0 bridgehead atoms. The number of hydrogen-bond donors (Lipinski definition) is 0. The van der Waals surface area contributed by atoms with Gasteiger partial charge in [0.2, 0.25) is 0 Å². The molecule has 116 valence electrons. The van der Waals surface area contributed by atoms with Gasteiger partial charge in [-0.15, -0.1) is 0 Å². The van der Waals surface area contributed by atoms with E-state index in [1.807, 2.05) is 6.92 Å². The summed E-state index contributed by atoms with van der Waals surface area (Å²) in [5, 5.41) is 11.0. The molecule has 6 nitrogen and oxygen atoms in total. The second-order valence-corrected chi connectivity index (χ2v) is 5.75. The number of hydrogen-bond acceptors (Lipinski definition) is 5. The fourth-order valence-electron chi connectivity index (χ4n) is 2.93. The summed E-state index contributed by atoms with van der Waals surface area (Å²) in [5.41, 5.74) is 1.99. The molecule has 0 amide bonds. The first-order valence-corrected chi connectivity index (χ1v) is 7.18. The lowest BCUT2D eigenvalue weighted by Crippen LogP contribution is -2.42. The van der Waals surface area contributed by atoms with Gasteiger partial charge in [-0.2, -0.15) is 0 Å². The highest BCUT2D eigenvalue weighted by molar-refractivity contribution is 5.64. The molecule has 0 radical (unpaired) electrons. The Balaban J connectivity index is 2.23. The van der Waals surface area contributed by atoms with Crippen LogP contribution in [0.4, 0.5) is 11.4 Å². The van der Waals surface area contributed by atoms with Gasteiger partial charge in [0.15, 0.2) is 5.75 Å². The first-order valence-electron chi connectivity index (χ1n) is 7.18. The van der Waals surface area contributed by atoms with Crippen molar-refractivity contribution in [1.82, 2.24) is 4.90 Å². The molecule has 1 aliphatic rings. The minimum atomic E-state index is -0.395. The largest absolute Gasteiger partial charge is 0.490 e. The highest BCUT2D eigenvalue weighted by atomic mass is 16.6. The summed E-state index contributed by atoms with van der Waals surface area (Å²) in [6.07, 6.45) is 2.21. The Hall–Kier alpha value is -1.82. The number of nitrogens with zero attached hydrogens (tertiary/aromatic N) is 3. The lowest BCUT2D eigenvalue weighted by atomic mass is 10.0. The van der Waals surface area contributed by atoms with Crippen molar-refractivity contribution < 1.29 is 9.66 Å². The van der Waals surface area contributed by atoms with Gasteiger partial charge in [0, 0.05) is 37.0 Å². The highest BCUT2D eigenvalue weighted by Gasteiger charge is 2.24. The van der Waals surface area contributed by atoms with Crippen LogP contribution in [0, 0.1) is 17.0 Å². The monoisotopic (exact) mass is 293 g/mol. The molecule has 0 aliphatic carbocycles. The van der Waals surface area contributed by atoms with Gasteiger partial charge in [-0.25, -0.2) is 0 Å². The van der Waals surface area contributed by atoms with Crippen LogP contribution in [-0.2, 0) is 0 Å². The smallest absolute Gasteiger partial charge is 0.311 e. The van der Waals surface area contributed by atoms with Gasteiger partial charge in [0.05, 0.1) is 12.0 Å². The normalized spacial score (nSPS) is 16.3. The number of nitro benzene ring substituents is 1. The Morgan fingerprint density at radius 1 is 1.33 bits per heavy atom. The summed E-state index contributed by atoms with van der Waals surface area (Å²) in [4.78, 5) is 15.2. The van der Waals surface area contributed by atoms with E-state index in [1.165, 1.54) is 7.11 Å². The van der Waals surface area contributed by atoms with Gasteiger partial charge < -0.3 is 14.5 Å². The number of nitro groups is 1. The van der Waals surface area contributed by atoms with E-state index in [0.717, 1.165) is 37.2 Å². The highest BCUT2D eigenvalue weighted by Crippen LogP contribution is 2.35. The van der Waals surface area contributed by atoms with Crippen LogP contribution in [0.3, 0.4) is 0 Å². The van der Waals surface area contributed by atoms with Gasteiger partial charge in [-0.1, -0.05) is 0 Å². The maximum Gasteiger partial charge on any atom is 0.311 e. The molecule has 1 aliphatic heterocycles. The summed E-state index contributed by atoms with van der Waals surface area (Å²) in [6.45, 7) is 3.84. The molecule has 1 heterocycles. The molecule has 0 saturated carbocycles. The average Bonchev–Trinajstić information content (AvgIpc) is 2.47. The fourth-order valence-corrected chi connectivity index (χ4v) is 2.93. The van der Waals surface area contributed by atoms with E-state index >= 15 is 0 Å². The van der Waals surface area contributed by atoms with E-state index in [1.54, 1.807) is 12.1 Å². The minimum Gasteiger partial charge on any atom is -0.490 e. The summed E-state index contributed by atoms with van der Waals surface area (Å²) >= 11 is 0. The predicted octanol–water partition coefficient (Wildman–Crippen LogP) is 2.44. The van der Waals surface area contributed by atoms with Crippen molar-refractivity contribution >= 4 is 11.4 Å². The van der Waals surface area contributed by atoms with E-state index in [-0.39, 0.29) is 5.69 Å². The number of anilines is 1. The number of benzene rings is 1. The van der Waals surface area contributed by atoms with Crippen molar-refractivity contribution in [3.63, 3.8) is 0 Å². The van der Waals surface area contributed by atoms with E-state index < -0.39 is 4.92 Å². The number of ether oxygens (including phenoxy) is 1. The summed E-state index contributed by atoms with van der Waals surface area (Å²) in [6, 6.07) is 4.01. The molecule has 1 saturated heterocycles. The molecule has 0 aromatic heterocycles. The van der Waals surface area contributed by atoms with Crippen molar-refractivity contribution in [3.8, 4) is 5.75 Å². The maximum absolute atomic E-state index is 11.0.